The minimum absolute atomic E-state index is 0.879. The van der Waals surface area contributed by atoms with Crippen molar-refractivity contribution in [2.24, 2.45) is 0 Å². The number of unbranched alkanes of at least 4 members (excludes halogenated alkanes) is 9. The monoisotopic (exact) mass is 240 g/mol. The van der Waals surface area contributed by atoms with E-state index in [4.69, 9.17) is 4.74 Å². The van der Waals surface area contributed by atoms with Gasteiger partial charge in [0.2, 0.25) is 0 Å². The highest BCUT2D eigenvalue weighted by Crippen LogP contribution is 2.09. The van der Waals surface area contributed by atoms with E-state index in [1.165, 1.54) is 70.6 Å². The zero-order valence-corrected chi connectivity index (χ0v) is 12.0. The normalized spacial score (nSPS) is 11.2. The average molecular weight is 240 g/mol. The molecule has 0 aliphatic heterocycles. The molecule has 0 saturated carbocycles. The summed E-state index contributed by atoms with van der Waals surface area (Å²) in [5, 5.41) is 0. The zero-order valence-electron chi connectivity index (χ0n) is 12.0. The summed E-state index contributed by atoms with van der Waals surface area (Å²) in [4.78, 5) is 0. The molecular weight excluding hydrogens is 208 g/mol. The molecule has 0 heterocycles. The van der Waals surface area contributed by atoms with Crippen molar-refractivity contribution in [3.63, 3.8) is 0 Å². The second-order valence-corrected chi connectivity index (χ2v) is 4.86. The van der Waals surface area contributed by atoms with Crippen molar-refractivity contribution in [2.75, 3.05) is 6.61 Å². The summed E-state index contributed by atoms with van der Waals surface area (Å²) in [5.41, 5.74) is 0. The maximum atomic E-state index is 5.37. The van der Waals surface area contributed by atoms with Crippen molar-refractivity contribution < 1.29 is 4.74 Å². The molecule has 0 spiro atoms. The first-order chi connectivity index (χ1) is 8.41. The van der Waals surface area contributed by atoms with Gasteiger partial charge in [0.15, 0.2) is 0 Å². The van der Waals surface area contributed by atoms with Crippen LogP contribution in [-0.4, -0.2) is 6.61 Å². The lowest BCUT2D eigenvalue weighted by molar-refractivity contribution is 0.242. The average Bonchev–Trinajstić information content (AvgIpc) is 2.35. The Morgan fingerprint density at radius 2 is 1.29 bits per heavy atom. The van der Waals surface area contributed by atoms with Gasteiger partial charge in [-0.1, -0.05) is 65.2 Å². The lowest BCUT2D eigenvalue weighted by Gasteiger charge is -2.00. The molecule has 0 aromatic rings. The Labute approximate surface area is 109 Å². The van der Waals surface area contributed by atoms with Gasteiger partial charge in [-0.2, -0.15) is 0 Å². The largest absolute Gasteiger partial charge is 0.502 e. The van der Waals surface area contributed by atoms with E-state index in [1.807, 2.05) is 6.26 Å². The molecular formula is C16H32O. The Balaban J connectivity index is 2.97. The molecule has 0 amide bonds. The van der Waals surface area contributed by atoms with Crippen LogP contribution >= 0.6 is 0 Å². The molecule has 17 heavy (non-hydrogen) atoms. The van der Waals surface area contributed by atoms with Crippen LogP contribution in [0, 0.1) is 0 Å². The molecule has 0 aliphatic carbocycles. The zero-order chi connectivity index (χ0) is 12.6. The van der Waals surface area contributed by atoms with Crippen LogP contribution in [0.2, 0.25) is 0 Å². The summed E-state index contributed by atoms with van der Waals surface area (Å²) in [5.74, 6) is 0. The van der Waals surface area contributed by atoms with Crippen LogP contribution in [0.3, 0.4) is 0 Å². The Hall–Kier alpha value is -0.460. The molecule has 0 saturated heterocycles. The van der Waals surface area contributed by atoms with Crippen LogP contribution in [0.15, 0.2) is 12.3 Å². The fraction of sp³-hybridized carbons (Fsp3) is 0.875. The van der Waals surface area contributed by atoms with Crippen molar-refractivity contribution in [3.05, 3.63) is 12.3 Å². The lowest BCUT2D eigenvalue weighted by atomic mass is 10.1. The number of allylic oxidation sites excluding steroid dienone is 1. The van der Waals surface area contributed by atoms with Crippen LogP contribution in [0.4, 0.5) is 0 Å². The van der Waals surface area contributed by atoms with E-state index in [1.54, 1.807) is 0 Å². The van der Waals surface area contributed by atoms with Gasteiger partial charge in [-0.3, -0.25) is 0 Å². The number of hydrogen-bond acceptors (Lipinski definition) is 1. The lowest BCUT2D eigenvalue weighted by Crippen LogP contribution is -1.85. The first kappa shape index (κ1) is 16.5. The van der Waals surface area contributed by atoms with Crippen LogP contribution in [0.25, 0.3) is 0 Å². The van der Waals surface area contributed by atoms with Crippen LogP contribution in [0.5, 0.6) is 0 Å². The van der Waals surface area contributed by atoms with E-state index in [-0.39, 0.29) is 0 Å². The molecule has 0 radical (unpaired) electrons. The van der Waals surface area contributed by atoms with Gasteiger partial charge in [0, 0.05) is 0 Å². The molecule has 0 aliphatic rings. The third-order valence-corrected chi connectivity index (χ3v) is 3.03. The molecule has 0 fully saturated rings. The summed E-state index contributed by atoms with van der Waals surface area (Å²) in [7, 11) is 0. The van der Waals surface area contributed by atoms with Gasteiger partial charge in [0.1, 0.15) is 0 Å². The van der Waals surface area contributed by atoms with Crippen molar-refractivity contribution >= 4 is 0 Å². The SMILES string of the molecule is CCCCCCCCCCC=COCCCC. The molecule has 102 valence electrons. The van der Waals surface area contributed by atoms with Crippen molar-refractivity contribution in [3.8, 4) is 0 Å². The third kappa shape index (κ3) is 15.5. The van der Waals surface area contributed by atoms with Gasteiger partial charge in [0.25, 0.3) is 0 Å². The topological polar surface area (TPSA) is 9.23 Å². The van der Waals surface area contributed by atoms with E-state index in [2.05, 4.69) is 19.9 Å². The Morgan fingerprint density at radius 3 is 1.94 bits per heavy atom. The number of hydrogen-bond donors (Lipinski definition) is 0. The molecule has 0 rings (SSSR count). The highest BCUT2D eigenvalue weighted by Gasteiger charge is 1.90. The molecule has 1 heteroatoms. The van der Waals surface area contributed by atoms with Gasteiger partial charge in [-0.05, 0) is 25.3 Å². The number of ether oxygens (including phenoxy) is 1. The molecule has 0 atom stereocenters. The second-order valence-electron chi connectivity index (χ2n) is 4.86. The molecule has 0 aromatic heterocycles. The van der Waals surface area contributed by atoms with E-state index in [9.17, 15) is 0 Å². The maximum Gasteiger partial charge on any atom is 0.0873 e. The van der Waals surface area contributed by atoms with E-state index in [0.29, 0.717) is 0 Å². The summed E-state index contributed by atoms with van der Waals surface area (Å²) in [6.07, 6.45) is 18.8. The van der Waals surface area contributed by atoms with Crippen molar-refractivity contribution in [1.29, 1.82) is 0 Å². The molecule has 0 bridgehead atoms. The van der Waals surface area contributed by atoms with Gasteiger partial charge in [-0.25, -0.2) is 0 Å². The third-order valence-electron chi connectivity index (χ3n) is 3.03. The molecule has 0 unspecified atom stereocenters. The van der Waals surface area contributed by atoms with Gasteiger partial charge < -0.3 is 4.74 Å². The fourth-order valence-electron chi connectivity index (χ4n) is 1.83. The first-order valence-electron chi connectivity index (χ1n) is 7.68. The number of rotatable bonds is 13. The summed E-state index contributed by atoms with van der Waals surface area (Å²) in [6.45, 7) is 5.34. The Kier molecular flexibility index (Phi) is 15.1. The highest BCUT2D eigenvalue weighted by molar-refractivity contribution is 4.73. The second kappa shape index (κ2) is 15.5. The van der Waals surface area contributed by atoms with Gasteiger partial charge in [0.05, 0.1) is 12.9 Å². The minimum Gasteiger partial charge on any atom is -0.502 e. The van der Waals surface area contributed by atoms with Gasteiger partial charge >= 0.3 is 0 Å². The summed E-state index contributed by atoms with van der Waals surface area (Å²) in [6, 6.07) is 0. The molecule has 1 nitrogen and oxygen atoms in total. The Bertz CT molecular complexity index is 152. The molecule has 0 aromatic carbocycles. The smallest absolute Gasteiger partial charge is 0.0873 e. The van der Waals surface area contributed by atoms with Crippen LogP contribution in [-0.2, 0) is 4.74 Å². The summed E-state index contributed by atoms with van der Waals surface area (Å²) < 4.78 is 5.37. The van der Waals surface area contributed by atoms with Crippen LogP contribution < -0.4 is 0 Å². The quantitative estimate of drug-likeness (QED) is 0.290. The first-order valence-corrected chi connectivity index (χ1v) is 7.68. The predicted molar refractivity (Wildman–Crippen MR) is 77.2 cm³/mol. The Morgan fingerprint density at radius 1 is 0.706 bits per heavy atom. The standard InChI is InChI=1S/C16H32O/c1-3-5-7-8-9-10-11-12-13-14-16-17-15-6-4-2/h14,16H,3-13,15H2,1-2H3. The highest BCUT2D eigenvalue weighted by atomic mass is 16.5. The minimum atomic E-state index is 0.879. The van der Waals surface area contributed by atoms with E-state index >= 15 is 0 Å². The summed E-state index contributed by atoms with van der Waals surface area (Å²) >= 11 is 0. The fourth-order valence-corrected chi connectivity index (χ4v) is 1.83. The van der Waals surface area contributed by atoms with E-state index in [0.717, 1.165) is 6.61 Å². The predicted octanol–water partition coefficient (Wildman–Crippen LogP) is 5.85. The molecule has 0 N–H and O–H groups in total. The van der Waals surface area contributed by atoms with Crippen molar-refractivity contribution in [2.45, 2.75) is 84.5 Å². The van der Waals surface area contributed by atoms with Crippen LogP contribution in [0.1, 0.15) is 84.5 Å². The van der Waals surface area contributed by atoms with Crippen molar-refractivity contribution in [1.82, 2.24) is 0 Å². The van der Waals surface area contributed by atoms with E-state index < -0.39 is 0 Å². The maximum absolute atomic E-state index is 5.37. The van der Waals surface area contributed by atoms with Gasteiger partial charge in [-0.15, -0.1) is 0 Å².